The first-order valence-corrected chi connectivity index (χ1v) is 12.8. The molecule has 3 amide bonds. The minimum absolute atomic E-state index is 0.0152. The highest BCUT2D eigenvalue weighted by Gasteiger charge is 2.35. The Hall–Kier alpha value is -4.86. The highest BCUT2D eigenvalue weighted by atomic mass is 16.6. The zero-order valence-corrected chi connectivity index (χ0v) is 21.1. The number of aliphatic imine (C=N–C) groups is 1. The van der Waals surface area contributed by atoms with Gasteiger partial charge in [-0.25, -0.2) is 9.79 Å². The summed E-state index contributed by atoms with van der Waals surface area (Å²) in [5.41, 5.74) is 2.45. The number of Topliss-reactive ketones (excluding diaryl/α,β-unsaturated/α-hetero) is 1. The largest absolute Gasteiger partial charge is 0.321 e. The van der Waals surface area contributed by atoms with Crippen molar-refractivity contribution in [2.24, 2.45) is 10.9 Å². The van der Waals surface area contributed by atoms with Crippen LogP contribution in [-0.2, 0) is 9.59 Å². The van der Waals surface area contributed by atoms with Crippen LogP contribution >= 0.6 is 0 Å². The third kappa shape index (κ3) is 5.69. The number of urea groups is 1. The number of rotatable bonds is 7. The van der Waals surface area contributed by atoms with E-state index in [1.165, 1.54) is 29.2 Å². The van der Waals surface area contributed by atoms with E-state index in [0.29, 0.717) is 17.0 Å². The monoisotopic (exact) mass is 525 g/mol. The smallest absolute Gasteiger partial charge is 0.308 e. The summed E-state index contributed by atoms with van der Waals surface area (Å²) >= 11 is 0. The molecule has 39 heavy (non-hydrogen) atoms. The van der Waals surface area contributed by atoms with Crippen molar-refractivity contribution in [3.8, 4) is 0 Å². The van der Waals surface area contributed by atoms with Crippen LogP contribution in [-0.4, -0.2) is 41.1 Å². The number of hydrogen-bond acceptors (Lipinski definition) is 6. The molecule has 0 unspecified atom stereocenters. The van der Waals surface area contributed by atoms with Crippen molar-refractivity contribution >= 4 is 40.5 Å². The van der Waals surface area contributed by atoms with Crippen LogP contribution in [0.25, 0.3) is 0 Å². The molecular weight excluding hydrogens is 498 g/mol. The molecule has 0 saturated heterocycles. The number of nitrogens with one attached hydrogen (secondary N) is 2. The Morgan fingerprint density at radius 2 is 1.69 bits per heavy atom. The van der Waals surface area contributed by atoms with Gasteiger partial charge in [0.15, 0.2) is 5.78 Å². The number of ketones is 1. The minimum atomic E-state index is -1.34. The van der Waals surface area contributed by atoms with Gasteiger partial charge in [-0.05, 0) is 25.0 Å². The van der Waals surface area contributed by atoms with Gasteiger partial charge < -0.3 is 15.5 Å². The topological polar surface area (TPSA) is 134 Å². The van der Waals surface area contributed by atoms with Gasteiger partial charge in [0.2, 0.25) is 6.17 Å². The van der Waals surface area contributed by atoms with Gasteiger partial charge in [0.05, 0.1) is 22.9 Å². The molecule has 198 valence electrons. The van der Waals surface area contributed by atoms with Crippen molar-refractivity contribution in [2.75, 3.05) is 16.8 Å². The van der Waals surface area contributed by atoms with Gasteiger partial charge in [-0.3, -0.25) is 19.7 Å². The first kappa shape index (κ1) is 25.8. The van der Waals surface area contributed by atoms with Crippen molar-refractivity contribution in [1.82, 2.24) is 5.32 Å². The molecule has 0 radical (unpaired) electrons. The summed E-state index contributed by atoms with van der Waals surface area (Å²) in [6, 6.07) is 21.3. The zero-order valence-electron chi connectivity index (χ0n) is 21.1. The fourth-order valence-corrected chi connectivity index (χ4v) is 5.03. The molecule has 10 nitrogen and oxygen atoms in total. The molecule has 1 aliphatic carbocycles. The fourth-order valence-electron chi connectivity index (χ4n) is 5.03. The lowest BCUT2D eigenvalue weighted by atomic mass is 9.99. The number of hydrogen-bond donors (Lipinski definition) is 2. The predicted octanol–water partition coefficient (Wildman–Crippen LogP) is 4.69. The Morgan fingerprint density at radius 3 is 2.44 bits per heavy atom. The number of nitrogens with zero attached hydrogens (tertiary/aromatic N) is 3. The SMILES string of the molecule is O=C(Nc1cccc([N+](=O)[O-])c1)N[C@@H]1N=C(c2ccccc2)c2ccccc2N(CC(=O)C2CCCC2)C1=O. The van der Waals surface area contributed by atoms with Gasteiger partial charge in [-0.1, -0.05) is 67.4 Å². The van der Waals surface area contributed by atoms with Crippen LogP contribution in [0, 0.1) is 16.0 Å². The Morgan fingerprint density at radius 1 is 0.974 bits per heavy atom. The summed E-state index contributed by atoms with van der Waals surface area (Å²) in [6.45, 7) is -0.122. The van der Waals surface area contributed by atoms with Crippen molar-refractivity contribution in [2.45, 2.75) is 31.8 Å². The summed E-state index contributed by atoms with van der Waals surface area (Å²) in [5, 5.41) is 16.3. The molecular formula is C29H27N5O5. The Kier molecular flexibility index (Phi) is 7.44. The quantitative estimate of drug-likeness (QED) is 0.341. The molecule has 1 heterocycles. The molecule has 3 aromatic rings. The molecule has 1 fully saturated rings. The summed E-state index contributed by atoms with van der Waals surface area (Å²) in [4.78, 5) is 56.7. The van der Waals surface area contributed by atoms with Gasteiger partial charge in [-0.15, -0.1) is 0 Å². The van der Waals surface area contributed by atoms with E-state index in [2.05, 4.69) is 15.6 Å². The van der Waals surface area contributed by atoms with Crippen LogP contribution in [0.4, 0.5) is 21.9 Å². The molecule has 1 atom stereocenters. The van der Waals surface area contributed by atoms with Crippen molar-refractivity contribution in [3.63, 3.8) is 0 Å². The lowest BCUT2D eigenvalue weighted by Gasteiger charge is -2.26. The summed E-state index contributed by atoms with van der Waals surface area (Å²) in [7, 11) is 0. The molecule has 5 rings (SSSR count). The molecule has 0 aromatic heterocycles. The Bertz CT molecular complexity index is 1450. The Labute approximate surface area is 224 Å². The number of non-ortho nitro benzene ring substituents is 1. The number of benzodiazepines with no additional fused rings is 1. The van der Waals surface area contributed by atoms with Crippen molar-refractivity contribution in [1.29, 1.82) is 0 Å². The third-order valence-corrected chi connectivity index (χ3v) is 6.96. The summed E-state index contributed by atoms with van der Waals surface area (Å²) in [5.74, 6) is -0.654. The van der Waals surface area contributed by atoms with E-state index in [9.17, 15) is 24.5 Å². The molecule has 0 bridgehead atoms. The first-order valence-electron chi connectivity index (χ1n) is 12.8. The third-order valence-electron chi connectivity index (χ3n) is 6.96. The number of nitro groups is 1. The van der Waals surface area contributed by atoms with Crippen LogP contribution in [0.1, 0.15) is 36.8 Å². The lowest BCUT2D eigenvalue weighted by molar-refractivity contribution is -0.384. The van der Waals surface area contributed by atoms with Crippen LogP contribution in [0.5, 0.6) is 0 Å². The normalized spacial score (nSPS) is 17.1. The van der Waals surface area contributed by atoms with Crippen LogP contribution in [0.2, 0.25) is 0 Å². The maximum atomic E-state index is 13.9. The van der Waals surface area contributed by atoms with E-state index in [1.807, 2.05) is 42.5 Å². The van der Waals surface area contributed by atoms with Crippen LogP contribution in [0.3, 0.4) is 0 Å². The van der Waals surface area contributed by atoms with Gasteiger partial charge in [0.1, 0.15) is 0 Å². The number of benzene rings is 3. The van der Waals surface area contributed by atoms with E-state index in [1.54, 1.807) is 12.1 Å². The number of carbonyl (C=O) groups excluding carboxylic acids is 3. The summed E-state index contributed by atoms with van der Waals surface area (Å²) in [6.07, 6.45) is 2.25. The number of carbonyl (C=O) groups is 3. The highest BCUT2D eigenvalue weighted by Crippen LogP contribution is 2.31. The van der Waals surface area contributed by atoms with E-state index in [0.717, 1.165) is 31.2 Å². The van der Waals surface area contributed by atoms with Crippen molar-refractivity contribution in [3.05, 3.63) is 100 Å². The second-order valence-corrected chi connectivity index (χ2v) is 9.54. The first-order chi connectivity index (χ1) is 18.9. The predicted molar refractivity (Wildman–Crippen MR) is 147 cm³/mol. The van der Waals surface area contributed by atoms with Gasteiger partial charge in [-0.2, -0.15) is 0 Å². The number of anilines is 2. The molecule has 1 saturated carbocycles. The van der Waals surface area contributed by atoms with E-state index >= 15 is 0 Å². The van der Waals surface area contributed by atoms with E-state index in [-0.39, 0.29) is 29.6 Å². The van der Waals surface area contributed by atoms with E-state index < -0.39 is 23.0 Å². The average Bonchev–Trinajstić information content (AvgIpc) is 3.46. The van der Waals surface area contributed by atoms with Crippen LogP contribution in [0.15, 0.2) is 83.9 Å². The second kappa shape index (κ2) is 11.3. The molecule has 2 aliphatic rings. The molecule has 2 N–H and O–H groups in total. The molecule has 0 spiro atoms. The standard InChI is InChI=1S/C29H27N5O5/c35-25(19-9-4-5-10-19)18-33-24-16-7-6-15-23(24)26(20-11-2-1-3-12-20)31-27(28(33)36)32-29(37)30-21-13-8-14-22(17-21)34(38)39/h1-3,6-8,11-17,19,27H,4-5,9-10,18H2,(H2,30,32,37)/t27-/m0/s1. The molecule has 3 aromatic carbocycles. The number of amides is 3. The van der Waals surface area contributed by atoms with Crippen molar-refractivity contribution < 1.29 is 19.3 Å². The maximum absolute atomic E-state index is 13.9. The molecule has 10 heteroatoms. The zero-order chi connectivity index (χ0) is 27.4. The lowest BCUT2D eigenvalue weighted by Crippen LogP contribution is -2.50. The number of fused-ring (bicyclic) bond motifs is 1. The van der Waals surface area contributed by atoms with Gasteiger partial charge >= 0.3 is 6.03 Å². The van der Waals surface area contributed by atoms with Gasteiger partial charge in [0.25, 0.3) is 11.6 Å². The number of para-hydroxylation sites is 1. The fraction of sp³-hybridized carbons (Fsp3) is 0.241. The Balaban J connectivity index is 1.49. The minimum Gasteiger partial charge on any atom is -0.308 e. The molecule has 1 aliphatic heterocycles. The average molecular weight is 526 g/mol. The van der Waals surface area contributed by atoms with Crippen LogP contribution < -0.4 is 15.5 Å². The second-order valence-electron chi connectivity index (χ2n) is 9.54. The summed E-state index contributed by atoms with van der Waals surface area (Å²) < 4.78 is 0. The van der Waals surface area contributed by atoms with Gasteiger partial charge in [0, 0.05) is 34.9 Å². The number of nitro benzene ring substituents is 1. The maximum Gasteiger partial charge on any atom is 0.321 e. The highest BCUT2D eigenvalue weighted by molar-refractivity contribution is 6.21. The van der Waals surface area contributed by atoms with E-state index in [4.69, 9.17) is 0 Å².